The highest BCUT2D eigenvalue weighted by molar-refractivity contribution is 4.87. The summed E-state index contributed by atoms with van der Waals surface area (Å²) in [5, 5.41) is 3.81. The molecule has 1 fully saturated rings. The molecule has 0 aromatic heterocycles. The van der Waals surface area contributed by atoms with Gasteiger partial charge in [-0.15, -0.1) is 0 Å². The van der Waals surface area contributed by atoms with Crippen molar-refractivity contribution in [2.75, 3.05) is 47.3 Å². The number of nitrogens with zero attached hydrogens (tertiary/aromatic N) is 2. The highest BCUT2D eigenvalue weighted by atomic mass is 15.2. The monoisotopic (exact) mass is 297 g/mol. The van der Waals surface area contributed by atoms with E-state index < -0.39 is 0 Å². The molecule has 3 atom stereocenters. The molecular weight excluding hydrogens is 258 g/mol. The third kappa shape index (κ3) is 7.12. The summed E-state index contributed by atoms with van der Waals surface area (Å²) >= 11 is 0. The summed E-state index contributed by atoms with van der Waals surface area (Å²) in [6, 6.07) is 0.738. The molecule has 1 aliphatic rings. The average Bonchev–Trinajstić information content (AvgIpc) is 2.43. The Labute approximate surface area is 133 Å². The molecule has 0 heterocycles. The maximum absolute atomic E-state index is 3.81. The lowest BCUT2D eigenvalue weighted by Crippen LogP contribution is -2.46. The Morgan fingerprint density at radius 3 is 2.38 bits per heavy atom. The fourth-order valence-electron chi connectivity index (χ4n) is 3.57. The van der Waals surface area contributed by atoms with Gasteiger partial charge in [-0.1, -0.05) is 20.8 Å². The largest absolute Gasteiger partial charge is 0.314 e. The number of rotatable bonds is 9. The van der Waals surface area contributed by atoms with E-state index in [-0.39, 0.29) is 0 Å². The molecule has 0 aliphatic heterocycles. The number of likely N-dealkylation sites (N-methyl/N-ethyl adjacent to an activating group) is 2. The van der Waals surface area contributed by atoms with Gasteiger partial charge in [0.15, 0.2) is 0 Å². The van der Waals surface area contributed by atoms with Crippen LogP contribution in [0.3, 0.4) is 0 Å². The summed E-state index contributed by atoms with van der Waals surface area (Å²) in [6.07, 6.45) is 5.44. The van der Waals surface area contributed by atoms with E-state index in [0.29, 0.717) is 0 Å². The second-order valence-electron chi connectivity index (χ2n) is 7.70. The van der Waals surface area contributed by atoms with Crippen LogP contribution in [0.1, 0.15) is 46.5 Å². The number of hydrogen-bond donors (Lipinski definition) is 1. The van der Waals surface area contributed by atoms with Gasteiger partial charge in [0.1, 0.15) is 0 Å². The molecule has 0 aromatic carbocycles. The molecule has 1 aliphatic carbocycles. The molecule has 1 N–H and O–H groups in total. The Kier molecular flexibility index (Phi) is 8.84. The zero-order chi connectivity index (χ0) is 15.8. The second kappa shape index (κ2) is 9.81. The Balaban J connectivity index is 2.52. The molecule has 0 bridgehead atoms. The molecule has 3 heteroatoms. The van der Waals surface area contributed by atoms with E-state index >= 15 is 0 Å². The molecule has 3 unspecified atom stereocenters. The summed E-state index contributed by atoms with van der Waals surface area (Å²) in [5.74, 6) is 2.59. The van der Waals surface area contributed by atoms with Crippen LogP contribution in [0.2, 0.25) is 0 Å². The first-order valence-corrected chi connectivity index (χ1v) is 9.00. The van der Waals surface area contributed by atoms with Crippen LogP contribution in [-0.2, 0) is 0 Å². The predicted octanol–water partition coefficient (Wildman–Crippen LogP) is 2.92. The van der Waals surface area contributed by atoms with Crippen molar-refractivity contribution in [1.82, 2.24) is 15.1 Å². The van der Waals surface area contributed by atoms with Crippen molar-refractivity contribution in [2.24, 2.45) is 17.8 Å². The maximum Gasteiger partial charge on any atom is 0.0108 e. The minimum absolute atomic E-state index is 0.738. The first-order chi connectivity index (χ1) is 9.93. The van der Waals surface area contributed by atoms with E-state index in [9.17, 15) is 0 Å². The van der Waals surface area contributed by atoms with Gasteiger partial charge in [0, 0.05) is 25.7 Å². The molecule has 3 nitrogen and oxygen atoms in total. The fraction of sp³-hybridized carbons (Fsp3) is 1.00. The third-order valence-corrected chi connectivity index (χ3v) is 5.10. The Hall–Kier alpha value is -0.120. The molecule has 0 spiro atoms. The minimum Gasteiger partial charge on any atom is -0.314 e. The van der Waals surface area contributed by atoms with Gasteiger partial charge < -0.3 is 15.1 Å². The Morgan fingerprint density at radius 2 is 1.81 bits per heavy atom. The lowest BCUT2D eigenvalue weighted by atomic mass is 9.73. The maximum atomic E-state index is 3.81. The van der Waals surface area contributed by atoms with Crippen molar-refractivity contribution in [3.63, 3.8) is 0 Å². The molecule has 0 aromatic rings. The van der Waals surface area contributed by atoms with E-state index in [1.807, 2.05) is 0 Å². The van der Waals surface area contributed by atoms with Gasteiger partial charge in [0.2, 0.25) is 0 Å². The Morgan fingerprint density at radius 1 is 1.10 bits per heavy atom. The molecule has 0 saturated heterocycles. The lowest BCUT2D eigenvalue weighted by molar-refractivity contribution is 0.129. The van der Waals surface area contributed by atoms with Crippen LogP contribution in [0.4, 0.5) is 0 Å². The predicted molar refractivity (Wildman–Crippen MR) is 93.8 cm³/mol. The first kappa shape index (κ1) is 18.9. The summed E-state index contributed by atoms with van der Waals surface area (Å²) in [4.78, 5) is 4.81. The van der Waals surface area contributed by atoms with Crippen LogP contribution in [0.25, 0.3) is 0 Å². The highest BCUT2D eigenvalue weighted by Crippen LogP contribution is 2.34. The first-order valence-electron chi connectivity index (χ1n) is 9.00. The topological polar surface area (TPSA) is 18.5 Å². The molecule has 1 rings (SSSR count). The molecular formula is C18H39N3. The lowest BCUT2D eigenvalue weighted by Gasteiger charge is -2.40. The van der Waals surface area contributed by atoms with E-state index in [1.54, 1.807) is 0 Å². The zero-order valence-electron chi connectivity index (χ0n) is 15.4. The normalized spacial score (nSPS) is 27.0. The molecule has 126 valence electrons. The van der Waals surface area contributed by atoms with Crippen molar-refractivity contribution in [3.05, 3.63) is 0 Å². The summed E-state index contributed by atoms with van der Waals surface area (Å²) < 4.78 is 0. The summed E-state index contributed by atoms with van der Waals surface area (Å²) in [7, 11) is 6.61. The third-order valence-electron chi connectivity index (χ3n) is 5.10. The van der Waals surface area contributed by atoms with Gasteiger partial charge in [0.25, 0.3) is 0 Å². The van der Waals surface area contributed by atoms with Crippen LogP contribution >= 0.6 is 0 Å². The van der Waals surface area contributed by atoms with Gasteiger partial charge in [-0.2, -0.15) is 0 Å². The van der Waals surface area contributed by atoms with E-state index in [1.165, 1.54) is 45.3 Å². The van der Waals surface area contributed by atoms with E-state index in [4.69, 9.17) is 0 Å². The van der Waals surface area contributed by atoms with E-state index in [2.05, 4.69) is 57.0 Å². The average molecular weight is 298 g/mol. The number of hydrogen-bond acceptors (Lipinski definition) is 3. The van der Waals surface area contributed by atoms with E-state index in [0.717, 1.165) is 30.3 Å². The summed E-state index contributed by atoms with van der Waals surface area (Å²) in [6.45, 7) is 11.8. The van der Waals surface area contributed by atoms with Gasteiger partial charge >= 0.3 is 0 Å². The van der Waals surface area contributed by atoms with Crippen LogP contribution < -0.4 is 5.32 Å². The van der Waals surface area contributed by atoms with Crippen LogP contribution in [-0.4, -0.2) is 63.2 Å². The minimum atomic E-state index is 0.738. The molecule has 0 amide bonds. The van der Waals surface area contributed by atoms with Gasteiger partial charge in [-0.3, -0.25) is 0 Å². The van der Waals surface area contributed by atoms with Gasteiger partial charge in [-0.25, -0.2) is 0 Å². The van der Waals surface area contributed by atoms with Crippen molar-refractivity contribution in [3.8, 4) is 0 Å². The fourth-order valence-corrected chi connectivity index (χ4v) is 3.57. The van der Waals surface area contributed by atoms with Crippen molar-refractivity contribution >= 4 is 0 Å². The van der Waals surface area contributed by atoms with Crippen LogP contribution in [0.5, 0.6) is 0 Å². The number of nitrogens with one attached hydrogen (secondary N) is 1. The van der Waals surface area contributed by atoms with Gasteiger partial charge in [-0.05, 0) is 71.1 Å². The SMILES string of the molecule is CCCNC1CCC(C(C)C)CC1CN(C)CCN(C)C. The van der Waals surface area contributed by atoms with Crippen molar-refractivity contribution in [1.29, 1.82) is 0 Å². The quantitative estimate of drug-likeness (QED) is 0.706. The van der Waals surface area contributed by atoms with Crippen molar-refractivity contribution < 1.29 is 0 Å². The standard InChI is InChI=1S/C18H39N3/c1-7-10-19-18-9-8-16(15(2)3)13-17(18)14-21(6)12-11-20(4)5/h15-19H,7-14H2,1-6H3. The zero-order valence-corrected chi connectivity index (χ0v) is 15.4. The van der Waals surface area contributed by atoms with Gasteiger partial charge in [0.05, 0.1) is 0 Å². The van der Waals surface area contributed by atoms with Crippen LogP contribution in [0.15, 0.2) is 0 Å². The molecule has 0 radical (unpaired) electrons. The highest BCUT2D eigenvalue weighted by Gasteiger charge is 2.31. The summed E-state index contributed by atoms with van der Waals surface area (Å²) in [5.41, 5.74) is 0. The molecule has 1 saturated carbocycles. The second-order valence-corrected chi connectivity index (χ2v) is 7.70. The molecule has 21 heavy (non-hydrogen) atoms. The van der Waals surface area contributed by atoms with Crippen molar-refractivity contribution in [2.45, 2.75) is 52.5 Å². The van der Waals surface area contributed by atoms with Crippen LogP contribution in [0, 0.1) is 17.8 Å². The Bertz CT molecular complexity index is 265. The smallest absolute Gasteiger partial charge is 0.0108 e.